The first-order valence-electron chi connectivity index (χ1n) is 9.03. The summed E-state index contributed by atoms with van der Waals surface area (Å²) in [5, 5.41) is 0.984. The minimum atomic E-state index is -0.314. The molecule has 1 atom stereocenters. The van der Waals surface area contributed by atoms with Crippen LogP contribution in [-0.4, -0.2) is 56.2 Å². The third kappa shape index (κ3) is 4.28. The van der Waals surface area contributed by atoms with E-state index in [0.717, 1.165) is 30.5 Å². The first kappa shape index (κ1) is 17.7. The fraction of sp³-hybridized carbons (Fsp3) is 0.500. The molecule has 1 aromatic heterocycles. The number of anilines is 1. The lowest BCUT2D eigenvalue weighted by molar-refractivity contribution is 0.0526. The van der Waals surface area contributed by atoms with Crippen LogP contribution >= 0.6 is 0 Å². The maximum absolute atomic E-state index is 11.9. The Morgan fingerprint density at radius 2 is 2.20 bits per heavy atom. The first-order valence-corrected chi connectivity index (χ1v) is 9.03. The van der Waals surface area contributed by atoms with Crippen molar-refractivity contribution in [2.75, 3.05) is 45.2 Å². The van der Waals surface area contributed by atoms with Gasteiger partial charge in [0.2, 0.25) is 0 Å². The van der Waals surface area contributed by atoms with E-state index in [1.54, 1.807) is 6.20 Å². The predicted octanol–water partition coefficient (Wildman–Crippen LogP) is 3.19. The van der Waals surface area contributed by atoms with Gasteiger partial charge >= 0.3 is 5.97 Å². The van der Waals surface area contributed by atoms with Crippen molar-refractivity contribution in [3.8, 4) is 0 Å². The van der Waals surface area contributed by atoms with Gasteiger partial charge in [0, 0.05) is 36.9 Å². The number of benzene rings is 1. The van der Waals surface area contributed by atoms with Crippen molar-refractivity contribution in [3.63, 3.8) is 0 Å². The summed E-state index contributed by atoms with van der Waals surface area (Å²) in [5.74, 6) is 0.384. The number of ether oxygens (including phenoxy) is 1. The van der Waals surface area contributed by atoms with E-state index < -0.39 is 0 Å². The lowest BCUT2D eigenvalue weighted by Gasteiger charge is -2.35. The van der Waals surface area contributed by atoms with Crippen molar-refractivity contribution in [2.45, 2.75) is 19.8 Å². The Morgan fingerprint density at radius 1 is 1.36 bits per heavy atom. The number of rotatable bonds is 5. The molecular weight excluding hydrogens is 314 g/mol. The van der Waals surface area contributed by atoms with Crippen LogP contribution in [-0.2, 0) is 4.74 Å². The second-order valence-electron chi connectivity index (χ2n) is 7.04. The summed E-state index contributed by atoms with van der Waals surface area (Å²) >= 11 is 0. The van der Waals surface area contributed by atoms with Crippen LogP contribution in [0.4, 0.5) is 5.69 Å². The normalized spacial score (nSPS) is 17.9. The SMILES string of the molecule is CCOC(=O)c1cnc2ccc(N3CCCC(CN(C)C)C3)cc2c1. The van der Waals surface area contributed by atoms with E-state index in [-0.39, 0.29) is 5.97 Å². The molecule has 0 bridgehead atoms. The number of hydrogen-bond acceptors (Lipinski definition) is 5. The topological polar surface area (TPSA) is 45.7 Å². The van der Waals surface area contributed by atoms with Gasteiger partial charge in [0.15, 0.2) is 0 Å². The highest BCUT2D eigenvalue weighted by atomic mass is 16.5. The van der Waals surface area contributed by atoms with Gasteiger partial charge in [0.1, 0.15) is 0 Å². The molecule has 1 saturated heterocycles. The molecule has 0 amide bonds. The molecule has 3 rings (SSSR count). The van der Waals surface area contributed by atoms with Gasteiger partial charge < -0.3 is 14.5 Å². The third-order valence-corrected chi connectivity index (χ3v) is 4.68. The summed E-state index contributed by atoms with van der Waals surface area (Å²) < 4.78 is 5.08. The van der Waals surface area contributed by atoms with Gasteiger partial charge in [-0.15, -0.1) is 0 Å². The number of esters is 1. The van der Waals surface area contributed by atoms with Crippen LogP contribution in [0.25, 0.3) is 10.9 Å². The van der Waals surface area contributed by atoms with E-state index in [0.29, 0.717) is 18.1 Å². The van der Waals surface area contributed by atoms with Crippen LogP contribution in [0.2, 0.25) is 0 Å². The third-order valence-electron chi connectivity index (χ3n) is 4.68. The number of carbonyl (C=O) groups excluding carboxylic acids is 1. The zero-order valence-corrected chi connectivity index (χ0v) is 15.4. The minimum Gasteiger partial charge on any atom is -0.462 e. The van der Waals surface area contributed by atoms with Crippen LogP contribution in [0.15, 0.2) is 30.5 Å². The van der Waals surface area contributed by atoms with E-state index in [4.69, 9.17) is 4.74 Å². The molecule has 1 aliphatic heterocycles. The number of pyridine rings is 1. The van der Waals surface area contributed by atoms with Crippen LogP contribution < -0.4 is 4.90 Å². The molecule has 1 aliphatic rings. The van der Waals surface area contributed by atoms with Crippen molar-refractivity contribution in [3.05, 3.63) is 36.0 Å². The fourth-order valence-corrected chi connectivity index (χ4v) is 3.61. The molecular formula is C20H27N3O2. The molecule has 0 saturated carbocycles. The molecule has 1 aromatic carbocycles. The molecule has 2 aromatic rings. The molecule has 5 nitrogen and oxygen atoms in total. The van der Waals surface area contributed by atoms with Gasteiger partial charge in [-0.3, -0.25) is 4.98 Å². The Balaban J connectivity index is 1.83. The van der Waals surface area contributed by atoms with E-state index in [9.17, 15) is 4.79 Å². The van der Waals surface area contributed by atoms with Crippen LogP contribution in [0.1, 0.15) is 30.1 Å². The zero-order valence-electron chi connectivity index (χ0n) is 15.4. The molecule has 134 valence electrons. The molecule has 0 aliphatic carbocycles. The second kappa shape index (κ2) is 7.83. The molecule has 0 spiro atoms. The van der Waals surface area contributed by atoms with Gasteiger partial charge in [-0.25, -0.2) is 4.79 Å². The molecule has 2 heterocycles. The van der Waals surface area contributed by atoms with Crippen molar-refractivity contribution >= 4 is 22.6 Å². The predicted molar refractivity (Wildman–Crippen MR) is 101 cm³/mol. The number of piperidine rings is 1. The Labute approximate surface area is 149 Å². The quantitative estimate of drug-likeness (QED) is 0.782. The summed E-state index contributed by atoms with van der Waals surface area (Å²) in [7, 11) is 4.27. The smallest absolute Gasteiger partial charge is 0.339 e. The second-order valence-corrected chi connectivity index (χ2v) is 7.04. The summed E-state index contributed by atoms with van der Waals surface area (Å²) in [5.41, 5.74) is 2.62. The molecule has 0 radical (unpaired) electrons. The van der Waals surface area contributed by atoms with Crippen molar-refractivity contribution < 1.29 is 9.53 Å². The maximum atomic E-state index is 11.9. The van der Waals surface area contributed by atoms with E-state index >= 15 is 0 Å². The van der Waals surface area contributed by atoms with Gasteiger partial charge in [-0.1, -0.05) is 0 Å². The van der Waals surface area contributed by atoms with E-state index in [1.807, 2.05) is 19.1 Å². The average molecular weight is 341 g/mol. The molecule has 1 fully saturated rings. The summed E-state index contributed by atoms with van der Waals surface area (Å²) in [6.07, 6.45) is 4.10. The summed E-state index contributed by atoms with van der Waals surface area (Å²) in [4.78, 5) is 21.1. The number of carbonyl (C=O) groups is 1. The fourth-order valence-electron chi connectivity index (χ4n) is 3.61. The van der Waals surface area contributed by atoms with E-state index in [2.05, 4.69) is 41.0 Å². The summed E-state index contributed by atoms with van der Waals surface area (Å²) in [6.45, 7) is 5.47. The highest BCUT2D eigenvalue weighted by molar-refractivity contribution is 5.94. The average Bonchev–Trinajstić information content (AvgIpc) is 2.60. The number of aromatic nitrogens is 1. The standard InChI is InChI=1S/C20H27N3O2/c1-4-25-20(24)17-10-16-11-18(7-8-19(16)21-12-17)23-9-5-6-15(14-23)13-22(2)3/h7-8,10-12,15H,4-6,9,13-14H2,1-3H3. The first-order chi connectivity index (χ1) is 12.1. The maximum Gasteiger partial charge on any atom is 0.339 e. The van der Waals surface area contributed by atoms with Gasteiger partial charge in [0.25, 0.3) is 0 Å². The Morgan fingerprint density at radius 3 is 2.96 bits per heavy atom. The van der Waals surface area contributed by atoms with Crippen molar-refractivity contribution in [1.29, 1.82) is 0 Å². The van der Waals surface area contributed by atoms with Crippen molar-refractivity contribution in [2.24, 2.45) is 5.92 Å². The molecule has 1 unspecified atom stereocenters. The lowest BCUT2D eigenvalue weighted by Crippen LogP contribution is -2.39. The lowest BCUT2D eigenvalue weighted by atomic mass is 9.97. The number of hydrogen-bond donors (Lipinski definition) is 0. The van der Waals surface area contributed by atoms with Gasteiger partial charge in [0.05, 0.1) is 17.7 Å². The molecule has 0 N–H and O–H groups in total. The van der Waals surface area contributed by atoms with E-state index in [1.165, 1.54) is 18.5 Å². The summed E-state index contributed by atoms with van der Waals surface area (Å²) in [6, 6.07) is 8.20. The van der Waals surface area contributed by atoms with Gasteiger partial charge in [-0.05, 0) is 64.0 Å². The van der Waals surface area contributed by atoms with Gasteiger partial charge in [-0.2, -0.15) is 0 Å². The number of fused-ring (bicyclic) bond motifs is 1. The van der Waals surface area contributed by atoms with Crippen LogP contribution in [0.3, 0.4) is 0 Å². The Kier molecular flexibility index (Phi) is 5.53. The van der Waals surface area contributed by atoms with Crippen LogP contribution in [0, 0.1) is 5.92 Å². The largest absolute Gasteiger partial charge is 0.462 e. The number of nitrogens with zero attached hydrogens (tertiary/aromatic N) is 3. The molecule has 25 heavy (non-hydrogen) atoms. The monoisotopic (exact) mass is 341 g/mol. The highest BCUT2D eigenvalue weighted by Gasteiger charge is 2.21. The van der Waals surface area contributed by atoms with Crippen molar-refractivity contribution in [1.82, 2.24) is 9.88 Å². The minimum absolute atomic E-state index is 0.314. The van der Waals surface area contributed by atoms with Crippen LogP contribution in [0.5, 0.6) is 0 Å². The molecule has 5 heteroatoms. The zero-order chi connectivity index (χ0) is 17.8. The highest BCUT2D eigenvalue weighted by Crippen LogP contribution is 2.27. The Bertz CT molecular complexity index is 745. The Hall–Kier alpha value is -2.14.